The van der Waals surface area contributed by atoms with Crippen molar-refractivity contribution in [2.75, 3.05) is 7.11 Å². The van der Waals surface area contributed by atoms with Crippen LogP contribution in [-0.2, 0) is 4.74 Å². The highest BCUT2D eigenvalue weighted by Gasteiger charge is 2.20. The smallest absolute Gasteiger partial charge is 0.340 e. The minimum absolute atomic E-state index is 0.100. The zero-order valence-electron chi connectivity index (χ0n) is 11.9. The number of carbonyl (C=O) groups excluding carboxylic acids is 1. The third kappa shape index (κ3) is 3.21. The van der Waals surface area contributed by atoms with Gasteiger partial charge in [0.15, 0.2) is 0 Å². The fourth-order valence-corrected chi connectivity index (χ4v) is 2.61. The van der Waals surface area contributed by atoms with E-state index in [1.165, 1.54) is 31.5 Å². The lowest BCUT2D eigenvalue weighted by Crippen LogP contribution is -2.10. The Morgan fingerprint density at radius 2 is 2.05 bits per heavy atom. The second-order valence-corrected chi connectivity index (χ2v) is 5.53. The van der Waals surface area contributed by atoms with Crippen LogP contribution in [0.1, 0.15) is 29.0 Å². The van der Waals surface area contributed by atoms with E-state index in [9.17, 15) is 9.18 Å². The molecule has 1 aromatic heterocycles. The predicted molar refractivity (Wildman–Crippen MR) is 83.6 cm³/mol. The molecule has 7 heteroatoms. The first-order valence-electron chi connectivity index (χ1n) is 6.34. The Morgan fingerprint density at radius 3 is 2.59 bits per heavy atom. The Hall–Kier alpha value is -1.69. The van der Waals surface area contributed by atoms with Crippen molar-refractivity contribution in [3.63, 3.8) is 0 Å². The molecule has 2 rings (SSSR count). The Morgan fingerprint density at radius 1 is 1.36 bits per heavy atom. The van der Waals surface area contributed by atoms with Crippen molar-refractivity contribution in [1.82, 2.24) is 4.98 Å². The lowest BCUT2D eigenvalue weighted by molar-refractivity contribution is 0.0602. The van der Waals surface area contributed by atoms with Crippen LogP contribution in [0, 0.1) is 5.82 Å². The van der Waals surface area contributed by atoms with Crippen molar-refractivity contribution in [3.8, 4) is 11.1 Å². The maximum atomic E-state index is 14.1. The van der Waals surface area contributed by atoms with E-state index in [0.717, 1.165) is 0 Å². The molecule has 0 fully saturated rings. The summed E-state index contributed by atoms with van der Waals surface area (Å²) in [7, 11) is 1.23. The first-order chi connectivity index (χ1) is 10.3. The molecule has 0 saturated carbocycles. The summed E-state index contributed by atoms with van der Waals surface area (Å²) in [4.78, 5) is 15.9. The number of benzene rings is 1. The van der Waals surface area contributed by atoms with Gasteiger partial charge in [-0.2, -0.15) is 0 Å². The molecular formula is C15H13Cl2FN2O2. The monoisotopic (exact) mass is 342 g/mol. The highest BCUT2D eigenvalue weighted by atomic mass is 35.5. The van der Waals surface area contributed by atoms with Crippen molar-refractivity contribution < 1.29 is 13.9 Å². The van der Waals surface area contributed by atoms with Crippen LogP contribution in [0.5, 0.6) is 0 Å². The number of halogens is 3. The second kappa shape index (κ2) is 6.60. The second-order valence-electron chi connectivity index (χ2n) is 4.68. The molecule has 0 aliphatic carbocycles. The highest BCUT2D eigenvalue weighted by molar-refractivity contribution is 6.37. The van der Waals surface area contributed by atoms with Crippen LogP contribution >= 0.6 is 23.2 Å². The van der Waals surface area contributed by atoms with Crippen LogP contribution in [-0.4, -0.2) is 18.1 Å². The first kappa shape index (κ1) is 16.7. The van der Waals surface area contributed by atoms with Gasteiger partial charge in [0.05, 0.1) is 23.4 Å². The lowest BCUT2D eigenvalue weighted by Gasteiger charge is -2.12. The minimum Gasteiger partial charge on any atom is -0.465 e. The average molecular weight is 343 g/mol. The molecule has 1 unspecified atom stereocenters. The maximum absolute atomic E-state index is 14.1. The molecule has 0 spiro atoms. The number of aromatic nitrogens is 1. The summed E-state index contributed by atoms with van der Waals surface area (Å²) in [6.45, 7) is 1.63. The molecule has 0 aliphatic rings. The minimum atomic E-state index is -0.645. The normalized spacial score (nSPS) is 12.1. The zero-order valence-corrected chi connectivity index (χ0v) is 13.4. The molecule has 1 heterocycles. The molecule has 0 aliphatic heterocycles. The van der Waals surface area contributed by atoms with Gasteiger partial charge in [-0.25, -0.2) is 9.18 Å². The van der Waals surface area contributed by atoms with Crippen LogP contribution in [0.2, 0.25) is 10.0 Å². The number of esters is 1. The molecule has 0 saturated heterocycles. The van der Waals surface area contributed by atoms with Crippen molar-refractivity contribution in [3.05, 3.63) is 51.5 Å². The number of methoxy groups -OCH3 is 1. The van der Waals surface area contributed by atoms with E-state index >= 15 is 0 Å². The SMILES string of the molecule is COC(=O)c1c(Cl)cc(Cl)cc1-c1cnc(C(C)N)c(F)c1. The van der Waals surface area contributed by atoms with Crippen molar-refractivity contribution >= 4 is 29.2 Å². The van der Waals surface area contributed by atoms with E-state index in [1.807, 2.05) is 0 Å². The zero-order chi connectivity index (χ0) is 16.4. The molecule has 22 heavy (non-hydrogen) atoms. The summed E-state index contributed by atoms with van der Waals surface area (Å²) in [5.41, 5.74) is 6.56. The van der Waals surface area contributed by atoms with Gasteiger partial charge in [-0.3, -0.25) is 4.98 Å². The third-order valence-electron chi connectivity index (χ3n) is 3.06. The molecule has 0 radical (unpaired) electrons. The van der Waals surface area contributed by atoms with Gasteiger partial charge in [0.25, 0.3) is 0 Å². The molecule has 0 bridgehead atoms. The van der Waals surface area contributed by atoms with Gasteiger partial charge >= 0.3 is 5.97 Å². The number of pyridine rings is 1. The van der Waals surface area contributed by atoms with Crippen molar-refractivity contribution in [2.24, 2.45) is 5.73 Å². The number of nitrogens with two attached hydrogens (primary N) is 1. The summed E-state index contributed by atoms with van der Waals surface area (Å²) >= 11 is 12.0. The molecule has 116 valence electrons. The van der Waals surface area contributed by atoms with Gasteiger partial charge in [0.1, 0.15) is 5.82 Å². The summed E-state index contributed by atoms with van der Waals surface area (Å²) < 4.78 is 18.8. The van der Waals surface area contributed by atoms with Crippen LogP contribution in [0.15, 0.2) is 24.4 Å². The summed E-state index contributed by atoms with van der Waals surface area (Å²) in [6.07, 6.45) is 1.41. The maximum Gasteiger partial charge on any atom is 0.340 e. The topological polar surface area (TPSA) is 65.2 Å². The van der Waals surface area contributed by atoms with Gasteiger partial charge < -0.3 is 10.5 Å². The van der Waals surface area contributed by atoms with Gasteiger partial charge in [-0.05, 0) is 25.1 Å². The van der Waals surface area contributed by atoms with Crippen LogP contribution < -0.4 is 5.73 Å². The predicted octanol–water partition coefficient (Wildman–Crippen LogP) is 4.00. The fourth-order valence-electron chi connectivity index (χ4n) is 2.04. The molecule has 2 N–H and O–H groups in total. The molecular weight excluding hydrogens is 330 g/mol. The molecule has 2 aromatic rings. The van der Waals surface area contributed by atoms with Crippen molar-refractivity contribution in [1.29, 1.82) is 0 Å². The quantitative estimate of drug-likeness (QED) is 0.856. The van der Waals surface area contributed by atoms with E-state index in [2.05, 4.69) is 4.98 Å². The lowest BCUT2D eigenvalue weighted by atomic mass is 10.00. The molecule has 1 aromatic carbocycles. The molecule has 1 atom stereocenters. The number of carbonyl (C=O) groups is 1. The summed E-state index contributed by atoms with van der Waals surface area (Å²) in [6, 6.07) is 3.61. The van der Waals surface area contributed by atoms with Gasteiger partial charge in [0.2, 0.25) is 0 Å². The summed E-state index contributed by atoms with van der Waals surface area (Å²) in [5.74, 6) is -1.22. The molecule has 0 amide bonds. The van der Waals surface area contributed by atoms with Gasteiger partial charge in [-0.15, -0.1) is 0 Å². The third-order valence-corrected chi connectivity index (χ3v) is 3.57. The molecule has 4 nitrogen and oxygen atoms in total. The number of hydrogen-bond acceptors (Lipinski definition) is 4. The highest BCUT2D eigenvalue weighted by Crippen LogP contribution is 2.33. The Balaban J connectivity index is 2.66. The largest absolute Gasteiger partial charge is 0.465 e. The van der Waals surface area contributed by atoms with E-state index in [-0.39, 0.29) is 16.3 Å². The Labute approximate surface area is 137 Å². The number of rotatable bonds is 3. The van der Waals surface area contributed by atoms with Gasteiger partial charge in [-0.1, -0.05) is 23.2 Å². The summed E-state index contributed by atoms with van der Waals surface area (Å²) in [5, 5.41) is 0.426. The van der Waals surface area contributed by atoms with Crippen LogP contribution in [0.25, 0.3) is 11.1 Å². The van der Waals surface area contributed by atoms with E-state index in [0.29, 0.717) is 16.1 Å². The number of hydrogen-bond donors (Lipinski definition) is 1. The van der Waals surface area contributed by atoms with Crippen LogP contribution in [0.3, 0.4) is 0 Å². The van der Waals surface area contributed by atoms with E-state index < -0.39 is 17.8 Å². The van der Waals surface area contributed by atoms with E-state index in [4.69, 9.17) is 33.7 Å². The Kier molecular flexibility index (Phi) is 5.01. The fraction of sp³-hybridized carbons (Fsp3) is 0.200. The first-order valence-corrected chi connectivity index (χ1v) is 7.09. The van der Waals surface area contributed by atoms with Crippen molar-refractivity contribution in [2.45, 2.75) is 13.0 Å². The van der Waals surface area contributed by atoms with Gasteiger partial charge in [0, 0.05) is 28.4 Å². The average Bonchev–Trinajstić information content (AvgIpc) is 2.45. The standard InChI is InChI=1S/C15H13Cl2FN2O2/c1-7(19)14-12(18)3-8(6-20-14)10-4-9(16)5-11(17)13(10)15(21)22-2/h3-7H,19H2,1-2H3. The Bertz CT molecular complexity index is 736. The van der Waals surface area contributed by atoms with Crippen LogP contribution in [0.4, 0.5) is 4.39 Å². The number of ether oxygens (including phenoxy) is 1. The number of nitrogens with zero attached hydrogens (tertiary/aromatic N) is 1. The van der Waals surface area contributed by atoms with E-state index in [1.54, 1.807) is 6.92 Å².